The molecule has 0 saturated carbocycles. The number of nitrogens with two attached hydrogens (primary N) is 1. The van der Waals surface area contributed by atoms with Gasteiger partial charge in [0.2, 0.25) is 0 Å². The number of aromatic nitrogens is 2. The van der Waals surface area contributed by atoms with Crippen LogP contribution in [0.4, 0.5) is 5.82 Å². The van der Waals surface area contributed by atoms with E-state index in [4.69, 9.17) is 28.3 Å². The average molecular weight is 520 g/mol. The molecule has 194 valence electrons. The minimum Gasteiger partial charge on any atom is -0.383 e. The second kappa shape index (κ2) is 11.2. The van der Waals surface area contributed by atoms with Gasteiger partial charge in [-0.1, -0.05) is 34.4 Å². The summed E-state index contributed by atoms with van der Waals surface area (Å²) in [4.78, 5) is 16.7. The topological polar surface area (TPSA) is 131 Å². The molecule has 3 aliphatic rings. The summed E-state index contributed by atoms with van der Waals surface area (Å²) in [6.45, 7) is 5.12. The standard InChI is InChI=1S/C27H34ClN9/c28-21-3-1-19(2-4-21)23-5-9-27(16-29,17-34-35-31)13-20(23)14-36-10-6-22(7-11-36)37-12-8-24-25(15-37)32-18-33-26(24)30/h1-4,16,18,22,29H,5-15,17H2,(H2,30,32,33). The first kappa shape index (κ1) is 25.7. The van der Waals surface area contributed by atoms with E-state index in [1.165, 1.54) is 22.9 Å². The van der Waals surface area contributed by atoms with Crippen LogP contribution in [-0.4, -0.2) is 64.7 Å². The highest BCUT2D eigenvalue weighted by Gasteiger charge is 2.35. The van der Waals surface area contributed by atoms with E-state index in [0.717, 1.165) is 87.5 Å². The Labute approximate surface area is 222 Å². The minimum absolute atomic E-state index is 0.330. The van der Waals surface area contributed by atoms with Gasteiger partial charge in [-0.25, -0.2) is 9.97 Å². The van der Waals surface area contributed by atoms with E-state index in [1.54, 1.807) is 6.33 Å². The molecular weight excluding hydrogens is 486 g/mol. The fourth-order valence-corrected chi connectivity index (χ4v) is 6.35. The van der Waals surface area contributed by atoms with Crippen molar-refractivity contribution in [2.75, 3.05) is 38.5 Å². The number of likely N-dealkylation sites (tertiary alicyclic amines) is 1. The molecule has 10 heteroatoms. The first-order valence-electron chi connectivity index (χ1n) is 13.0. The van der Waals surface area contributed by atoms with Crippen LogP contribution in [0.25, 0.3) is 16.0 Å². The number of fused-ring (bicyclic) bond motifs is 1. The molecule has 1 unspecified atom stereocenters. The number of halogens is 1. The van der Waals surface area contributed by atoms with Crippen molar-refractivity contribution in [3.8, 4) is 0 Å². The number of piperidine rings is 1. The van der Waals surface area contributed by atoms with E-state index < -0.39 is 5.41 Å². The minimum atomic E-state index is -0.402. The van der Waals surface area contributed by atoms with Crippen LogP contribution in [0, 0.1) is 10.8 Å². The predicted molar refractivity (Wildman–Crippen MR) is 147 cm³/mol. The van der Waals surface area contributed by atoms with Gasteiger partial charge in [-0.2, -0.15) is 0 Å². The van der Waals surface area contributed by atoms with Crippen LogP contribution in [0.15, 0.2) is 41.3 Å². The van der Waals surface area contributed by atoms with E-state index in [9.17, 15) is 0 Å². The molecule has 3 heterocycles. The molecule has 5 rings (SSSR count). The molecule has 1 aromatic heterocycles. The number of rotatable bonds is 7. The molecule has 2 aromatic rings. The Hall–Kier alpha value is -2.97. The highest BCUT2D eigenvalue weighted by Crippen LogP contribution is 2.43. The van der Waals surface area contributed by atoms with Crippen molar-refractivity contribution in [2.24, 2.45) is 10.5 Å². The summed E-state index contributed by atoms with van der Waals surface area (Å²) < 4.78 is 0. The Balaban J connectivity index is 1.29. The van der Waals surface area contributed by atoms with Gasteiger partial charge in [-0.05, 0) is 80.4 Å². The number of azide groups is 1. The molecule has 0 spiro atoms. The van der Waals surface area contributed by atoms with Gasteiger partial charge in [0.25, 0.3) is 0 Å². The van der Waals surface area contributed by atoms with Crippen LogP contribution in [0.2, 0.25) is 5.02 Å². The molecule has 3 N–H and O–H groups in total. The third kappa shape index (κ3) is 5.65. The number of hydrogen-bond donors (Lipinski definition) is 2. The number of allylic oxidation sites excluding steroid dienone is 1. The summed E-state index contributed by atoms with van der Waals surface area (Å²) in [5, 5.41) is 12.7. The van der Waals surface area contributed by atoms with E-state index in [2.05, 4.69) is 41.9 Å². The lowest BCUT2D eigenvalue weighted by Gasteiger charge is -2.42. The molecule has 1 aromatic carbocycles. The van der Waals surface area contributed by atoms with Gasteiger partial charge in [0.1, 0.15) is 12.1 Å². The van der Waals surface area contributed by atoms with Gasteiger partial charge in [0.05, 0.1) is 5.69 Å². The zero-order valence-corrected chi connectivity index (χ0v) is 21.9. The molecule has 37 heavy (non-hydrogen) atoms. The predicted octanol–water partition coefficient (Wildman–Crippen LogP) is 5.12. The number of nitrogen functional groups attached to an aromatic ring is 1. The number of anilines is 1. The zero-order valence-electron chi connectivity index (χ0n) is 21.1. The lowest BCUT2D eigenvalue weighted by atomic mass is 9.71. The van der Waals surface area contributed by atoms with Crippen molar-refractivity contribution >= 4 is 29.2 Å². The number of benzene rings is 1. The number of nitrogens with one attached hydrogen (secondary N) is 1. The maximum Gasteiger partial charge on any atom is 0.130 e. The molecule has 1 fully saturated rings. The summed E-state index contributed by atoms with van der Waals surface area (Å²) in [6.07, 6.45) is 8.66. The van der Waals surface area contributed by atoms with Crippen LogP contribution in [0.1, 0.15) is 48.9 Å². The van der Waals surface area contributed by atoms with Gasteiger partial charge in [0, 0.05) is 59.3 Å². The molecule has 0 amide bonds. The van der Waals surface area contributed by atoms with Gasteiger partial charge in [-0.3, -0.25) is 9.80 Å². The highest BCUT2D eigenvalue weighted by atomic mass is 35.5. The molecular formula is C27H34ClN9. The molecule has 0 bridgehead atoms. The molecule has 9 nitrogen and oxygen atoms in total. The van der Waals surface area contributed by atoms with Gasteiger partial charge < -0.3 is 11.1 Å². The van der Waals surface area contributed by atoms with E-state index in [1.807, 2.05) is 12.1 Å². The van der Waals surface area contributed by atoms with E-state index in [0.29, 0.717) is 18.4 Å². The zero-order chi connectivity index (χ0) is 25.8. The quantitative estimate of drug-likeness (QED) is 0.227. The highest BCUT2D eigenvalue weighted by molar-refractivity contribution is 6.30. The Morgan fingerprint density at radius 3 is 2.70 bits per heavy atom. The van der Waals surface area contributed by atoms with E-state index in [-0.39, 0.29) is 0 Å². The Bertz CT molecular complexity index is 1210. The van der Waals surface area contributed by atoms with Gasteiger partial charge in [-0.15, -0.1) is 0 Å². The van der Waals surface area contributed by atoms with Crippen molar-refractivity contribution in [3.05, 3.63) is 68.5 Å². The van der Waals surface area contributed by atoms with Crippen LogP contribution in [0.5, 0.6) is 0 Å². The number of nitrogens with zero attached hydrogens (tertiary/aromatic N) is 7. The Morgan fingerprint density at radius 2 is 1.97 bits per heavy atom. The summed E-state index contributed by atoms with van der Waals surface area (Å²) >= 11 is 6.16. The number of hydrogen-bond acceptors (Lipinski definition) is 7. The first-order valence-corrected chi connectivity index (χ1v) is 13.4. The van der Waals surface area contributed by atoms with Crippen molar-refractivity contribution in [1.29, 1.82) is 5.41 Å². The second-order valence-corrected chi connectivity index (χ2v) is 11.0. The van der Waals surface area contributed by atoms with Crippen LogP contribution >= 0.6 is 11.6 Å². The fraction of sp³-hybridized carbons (Fsp3) is 0.519. The Morgan fingerprint density at radius 1 is 1.19 bits per heavy atom. The molecule has 1 aliphatic carbocycles. The SMILES string of the molecule is [N-]=[N+]=NCC1(C=N)CCC(c2ccc(Cl)cc2)=C(CN2CCC(N3CCc4c(N)ncnc4C3)CC2)C1. The third-order valence-electron chi connectivity index (χ3n) is 8.37. The fourth-order valence-electron chi connectivity index (χ4n) is 6.22. The Kier molecular flexibility index (Phi) is 7.76. The molecule has 1 atom stereocenters. The van der Waals surface area contributed by atoms with Crippen molar-refractivity contribution in [2.45, 2.75) is 51.1 Å². The van der Waals surface area contributed by atoms with Gasteiger partial charge >= 0.3 is 0 Å². The maximum absolute atomic E-state index is 8.92. The molecule has 0 radical (unpaired) electrons. The van der Waals surface area contributed by atoms with Crippen LogP contribution in [-0.2, 0) is 13.0 Å². The second-order valence-electron chi connectivity index (χ2n) is 10.6. The normalized spacial score (nSPS) is 23.4. The third-order valence-corrected chi connectivity index (χ3v) is 8.62. The van der Waals surface area contributed by atoms with Crippen molar-refractivity contribution in [3.63, 3.8) is 0 Å². The summed E-state index contributed by atoms with van der Waals surface area (Å²) in [5.74, 6) is 0.623. The van der Waals surface area contributed by atoms with Crippen LogP contribution in [0.3, 0.4) is 0 Å². The molecule has 1 saturated heterocycles. The summed E-state index contributed by atoms with van der Waals surface area (Å²) in [6, 6.07) is 8.63. The largest absolute Gasteiger partial charge is 0.383 e. The van der Waals surface area contributed by atoms with Crippen molar-refractivity contribution < 1.29 is 0 Å². The van der Waals surface area contributed by atoms with Gasteiger partial charge in [0.15, 0.2) is 0 Å². The smallest absolute Gasteiger partial charge is 0.130 e. The maximum atomic E-state index is 8.92. The average Bonchev–Trinajstić information content (AvgIpc) is 2.93. The lowest BCUT2D eigenvalue weighted by Crippen LogP contribution is -2.47. The monoisotopic (exact) mass is 519 g/mol. The molecule has 2 aliphatic heterocycles. The van der Waals surface area contributed by atoms with Crippen LogP contribution < -0.4 is 5.73 Å². The lowest BCUT2D eigenvalue weighted by molar-refractivity contribution is 0.100. The van der Waals surface area contributed by atoms with E-state index >= 15 is 0 Å². The summed E-state index contributed by atoms with van der Waals surface area (Å²) in [5.41, 5.74) is 20.7. The van der Waals surface area contributed by atoms with Crippen molar-refractivity contribution in [1.82, 2.24) is 19.8 Å². The first-order chi connectivity index (χ1) is 18.0. The summed E-state index contributed by atoms with van der Waals surface area (Å²) in [7, 11) is 0.